The van der Waals surface area contributed by atoms with Crippen molar-refractivity contribution in [2.75, 3.05) is 12.8 Å². The van der Waals surface area contributed by atoms with Gasteiger partial charge in [-0.3, -0.25) is 20.5 Å². The zero-order chi connectivity index (χ0) is 18.0. The predicted molar refractivity (Wildman–Crippen MR) is 99.8 cm³/mol. The van der Waals surface area contributed by atoms with Crippen molar-refractivity contribution >= 4 is 17.4 Å². The molecular formula is C17H23N5O2S. The molecule has 0 spiro atoms. The van der Waals surface area contributed by atoms with Gasteiger partial charge in [0.15, 0.2) is 0 Å². The molecule has 1 atom stereocenters. The maximum absolute atomic E-state index is 10.8. The fourth-order valence-corrected chi connectivity index (χ4v) is 3.51. The van der Waals surface area contributed by atoms with Crippen molar-refractivity contribution in [2.24, 2.45) is 0 Å². The average Bonchev–Trinajstić information content (AvgIpc) is 3.04. The molecule has 0 saturated heterocycles. The number of benzene rings is 1. The first kappa shape index (κ1) is 17.6. The molecule has 3 rings (SSSR count). The Balaban J connectivity index is 1.84. The van der Waals surface area contributed by atoms with Gasteiger partial charge in [0.05, 0.1) is 11.1 Å². The number of nitro benzene ring substituents is 1. The number of rotatable bonds is 6. The van der Waals surface area contributed by atoms with Gasteiger partial charge < -0.3 is 4.90 Å². The quantitative estimate of drug-likeness (QED) is 0.616. The van der Waals surface area contributed by atoms with E-state index in [1.165, 1.54) is 0 Å². The van der Waals surface area contributed by atoms with Crippen LogP contribution in [0.15, 0.2) is 47.4 Å². The number of hydrogen-bond donors (Lipinski definition) is 1. The molecular weight excluding hydrogens is 338 g/mol. The number of non-ortho nitro benzene ring substituents is 1. The maximum atomic E-state index is 10.8. The van der Waals surface area contributed by atoms with Gasteiger partial charge in [0.2, 0.25) is 0 Å². The Labute approximate surface area is 152 Å². The normalized spacial score (nSPS) is 20.0. The maximum Gasteiger partial charge on any atom is 0.269 e. The Kier molecular flexibility index (Phi) is 5.19. The van der Waals surface area contributed by atoms with Gasteiger partial charge in [-0.1, -0.05) is 19.1 Å². The minimum Gasteiger partial charge on any atom is -0.357 e. The molecule has 1 unspecified atom stereocenters. The molecule has 0 radical (unpaired) electrons. The lowest BCUT2D eigenvalue weighted by molar-refractivity contribution is -0.384. The smallest absolute Gasteiger partial charge is 0.269 e. The molecule has 1 aromatic rings. The fourth-order valence-electron chi connectivity index (χ4n) is 3.12. The highest BCUT2D eigenvalue weighted by Crippen LogP contribution is 2.30. The number of hydrazine groups is 2. The highest BCUT2D eigenvalue weighted by Gasteiger charge is 2.36. The second-order valence-electron chi connectivity index (χ2n) is 6.12. The third-order valence-corrected chi connectivity index (χ3v) is 4.98. The summed E-state index contributed by atoms with van der Waals surface area (Å²) in [5.41, 5.74) is 5.81. The number of thioether (sulfide) groups is 1. The van der Waals surface area contributed by atoms with E-state index in [0.29, 0.717) is 0 Å². The second-order valence-corrected chi connectivity index (χ2v) is 6.96. The van der Waals surface area contributed by atoms with E-state index in [1.807, 2.05) is 18.4 Å². The highest BCUT2D eigenvalue weighted by atomic mass is 32.2. The van der Waals surface area contributed by atoms with Crippen LogP contribution < -0.4 is 5.43 Å². The number of allylic oxidation sites excluding steroid dienone is 1. The standard InChI is InChI=1S/C17H23N5O2S/c1-4-9-19-11-13(2)20-12-16(25-3)18-21(20)17(19)10-14-5-7-15(8-6-14)22(23)24/h5-8,11-12,17-18H,4,9-10H2,1-3H3. The third-order valence-electron chi connectivity index (χ3n) is 4.34. The molecule has 7 nitrogen and oxygen atoms in total. The Morgan fingerprint density at radius 1 is 1.28 bits per heavy atom. The van der Waals surface area contributed by atoms with Crippen molar-refractivity contribution in [3.63, 3.8) is 0 Å². The van der Waals surface area contributed by atoms with Crippen molar-refractivity contribution in [3.8, 4) is 0 Å². The number of nitrogens with one attached hydrogen (secondary N) is 1. The molecule has 1 aromatic carbocycles. The lowest BCUT2D eigenvalue weighted by Crippen LogP contribution is -2.59. The van der Waals surface area contributed by atoms with Crippen LogP contribution >= 0.6 is 11.8 Å². The number of nitro groups is 1. The first-order valence-corrected chi connectivity index (χ1v) is 9.54. The summed E-state index contributed by atoms with van der Waals surface area (Å²) in [4.78, 5) is 12.8. The topological polar surface area (TPSA) is 64.9 Å². The summed E-state index contributed by atoms with van der Waals surface area (Å²) in [5.74, 6) is 0. The molecule has 25 heavy (non-hydrogen) atoms. The van der Waals surface area contributed by atoms with Gasteiger partial charge in [0.25, 0.3) is 5.69 Å². The van der Waals surface area contributed by atoms with E-state index >= 15 is 0 Å². The predicted octanol–water partition coefficient (Wildman–Crippen LogP) is 3.25. The highest BCUT2D eigenvalue weighted by molar-refractivity contribution is 8.02. The van der Waals surface area contributed by atoms with E-state index in [0.717, 1.165) is 35.7 Å². The summed E-state index contributed by atoms with van der Waals surface area (Å²) >= 11 is 1.67. The van der Waals surface area contributed by atoms with Gasteiger partial charge in [-0.2, -0.15) is 0 Å². The molecule has 0 bridgehead atoms. The Morgan fingerprint density at radius 2 is 2.00 bits per heavy atom. The number of fused-ring (bicyclic) bond motifs is 1. The van der Waals surface area contributed by atoms with Crippen molar-refractivity contribution in [1.29, 1.82) is 0 Å². The van der Waals surface area contributed by atoms with Crippen molar-refractivity contribution in [2.45, 2.75) is 32.9 Å². The van der Waals surface area contributed by atoms with E-state index < -0.39 is 0 Å². The largest absolute Gasteiger partial charge is 0.357 e. The van der Waals surface area contributed by atoms with E-state index in [1.54, 1.807) is 23.9 Å². The SMILES string of the molecule is CCCN1C=C(C)N2C=C(SC)NN2C1Cc1ccc([N+](=O)[O-])cc1. The molecule has 0 aromatic heterocycles. The third kappa shape index (κ3) is 3.59. The summed E-state index contributed by atoms with van der Waals surface area (Å²) in [7, 11) is 0. The van der Waals surface area contributed by atoms with Crippen LogP contribution in [0.1, 0.15) is 25.8 Å². The van der Waals surface area contributed by atoms with Crippen molar-refractivity contribution in [1.82, 2.24) is 20.5 Å². The summed E-state index contributed by atoms with van der Waals surface area (Å²) in [6.45, 7) is 5.22. The first-order valence-electron chi connectivity index (χ1n) is 8.31. The molecule has 8 heteroatoms. The average molecular weight is 361 g/mol. The second kappa shape index (κ2) is 7.37. The Hall–Kier alpha value is -2.19. The molecule has 2 aliphatic heterocycles. The van der Waals surface area contributed by atoms with Crippen LogP contribution in [-0.4, -0.2) is 38.9 Å². The number of hydrogen-bond acceptors (Lipinski definition) is 7. The van der Waals surface area contributed by atoms with E-state index in [9.17, 15) is 10.1 Å². The summed E-state index contributed by atoms with van der Waals surface area (Å²) in [5, 5.41) is 16.2. The molecule has 0 saturated carbocycles. The van der Waals surface area contributed by atoms with Gasteiger partial charge in [0, 0.05) is 37.0 Å². The monoisotopic (exact) mass is 361 g/mol. The van der Waals surface area contributed by atoms with Crippen LogP contribution in [0.4, 0.5) is 5.69 Å². The van der Waals surface area contributed by atoms with Gasteiger partial charge in [-0.25, -0.2) is 0 Å². The van der Waals surface area contributed by atoms with Crippen LogP contribution in [0.3, 0.4) is 0 Å². The fraction of sp³-hybridized carbons (Fsp3) is 0.412. The number of nitrogens with zero attached hydrogens (tertiary/aromatic N) is 4. The van der Waals surface area contributed by atoms with Crippen LogP contribution in [-0.2, 0) is 6.42 Å². The van der Waals surface area contributed by atoms with Crippen LogP contribution in [0.25, 0.3) is 0 Å². The van der Waals surface area contributed by atoms with Gasteiger partial charge in [-0.05, 0) is 25.2 Å². The lowest BCUT2D eigenvalue weighted by atomic mass is 10.1. The van der Waals surface area contributed by atoms with E-state index in [-0.39, 0.29) is 16.8 Å². The van der Waals surface area contributed by atoms with Crippen molar-refractivity contribution in [3.05, 3.63) is 63.1 Å². The molecule has 0 amide bonds. The van der Waals surface area contributed by atoms with E-state index in [2.05, 4.69) is 46.7 Å². The summed E-state index contributed by atoms with van der Waals surface area (Å²) in [6, 6.07) is 6.84. The first-order chi connectivity index (χ1) is 12.0. The molecule has 0 fully saturated rings. The van der Waals surface area contributed by atoms with Gasteiger partial charge in [-0.15, -0.1) is 16.9 Å². The lowest BCUT2D eigenvalue weighted by Gasteiger charge is -2.45. The van der Waals surface area contributed by atoms with Crippen LogP contribution in [0.5, 0.6) is 0 Å². The Morgan fingerprint density at radius 3 is 2.60 bits per heavy atom. The molecule has 1 N–H and O–H groups in total. The minimum atomic E-state index is -0.363. The zero-order valence-electron chi connectivity index (χ0n) is 14.7. The van der Waals surface area contributed by atoms with Crippen LogP contribution in [0.2, 0.25) is 0 Å². The van der Waals surface area contributed by atoms with E-state index in [4.69, 9.17) is 0 Å². The Bertz CT molecular complexity index is 703. The van der Waals surface area contributed by atoms with Crippen molar-refractivity contribution < 1.29 is 4.92 Å². The van der Waals surface area contributed by atoms with Crippen LogP contribution in [0, 0.1) is 10.1 Å². The van der Waals surface area contributed by atoms with Gasteiger partial charge in [0.1, 0.15) is 11.2 Å². The molecule has 0 aliphatic carbocycles. The summed E-state index contributed by atoms with van der Waals surface area (Å²) < 4.78 is 0. The zero-order valence-corrected chi connectivity index (χ0v) is 15.5. The molecule has 2 aliphatic rings. The van der Waals surface area contributed by atoms with Gasteiger partial charge >= 0.3 is 0 Å². The molecule has 2 heterocycles. The minimum absolute atomic E-state index is 0.103. The summed E-state index contributed by atoms with van der Waals surface area (Å²) in [6.07, 6.45) is 8.26. The molecule has 134 valence electrons.